The van der Waals surface area contributed by atoms with Crippen molar-refractivity contribution in [2.45, 2.75) is 77.7 Å². The molecule has 0 radical (unpaired) electrons. The van der Waals surface area contributed by atoms with E-state index in [1.807, 2.05) is 6.92 Å². The first-order valence-electron chi connectivity index (χ1n) is 9.60. The average molecular weight is 467 g/mol. The lowest BCUT2D eigenvalue weighted by Crippen LogP contribution is -2.40. The van der Waals surface area contributed by atoms with Crippen LogP contribution in [0.5, 0.6) is 0 Å². The molecule has 2 N–H and O–H groups in total. The Bertz CT molecular complexity index is 899. The van der Waals surface area contributed by atoms with E-state index in [1.165, 1.54) is 26.0 Å². The van der Waals surface area contributed by atoms with E-state index in [0.29, 0.717) is 12.3 Å². The Labute approximate surface area is 180 Å². The summed E-state index contributed by atoms with van der Waals surface area (Å²) < 4.78 is 65.4. The lowest BCUT2D eigenvalue weighted by atomic mass is 9.90. The first-order valence-corrected chi connectivity index (χ1v) is 12.7. The molecule has 174 valence electrons. The molecular weight excluding hydrogens is 432 g/mol. The quantitative estimate of drug-likeness (QED) is 0.432. The third kappa shape index (κ3) is 10.5. The second kappa shape index (κ2) is 10.7. The molecule has 0 aliphatic rings. The highest BCUT2D eigenvalue weighted by atomic mass is 32.2. The van der Waals surface area contributed by atoms with Crippen LogP contribution in [0.2, 0.25) is 0 Å². The summed E-state index contributed by atoms with van der Waals surface area (Å²) in [6.07, 6.45) is 1.60. The number of benzene rings is 1. The van der Waals surface area contributed by atoms with Crippen molar-refractivity contribution < 1.29 is 35.5 Å². The van der Waals surface area contributed by atoms with Crippen LogP contribution in [0, 0.1) is 5.41 Å². The average Bonchev–Trinajstić information content (AvgIpc) is 2.58. The topological polar surface area (TPSA) is 135 Å². The van der Waals surface area contributed by atoms with Crippen LogP contribution in [0.25, 0.3) is 0 Å². The van der Waals surface area contributed by atoms with Crippen LogP contribution in [0.1, 0.15) is 72.8 Å². The molecule has 8 nitrogen and oxygen atoms in total. The predicted octanol–water partition coefficient (Wildman–Crippen LogP) is 4.08. The van der Waals surface area contributed by atoms with E-state index in [0.717, 1.165) is 12.0 Å². The summed E-state index contributed by atoms with van der Waals surface area (Å²) in [7, 11) is -8.21. The molecule has 1 rings (SSSR count). The normalized spacial score (nSPS) is 13.8. The van der Waals surface area contributed by atoms with Crippen LogP contribution in [0.15, 0.2) is 29.2 Å². The van der Waals surface area contributed by atoms with Crippen molar-refractivity contribution in [1.82, 2.24) is 0 Å². The molecule has 0 bridgehead atoms. The van der Waals surface area contributed by atoms with Crippen molar-refractivity contribution in [3.8, 4) is 0 Å². The lowest BCUT2D eigenvalue weighted by molar-refractivity contribution is -0.165. The first kappa shape index (κ1) is 28.5. The third-order valence-corrected chi connectivity index (χ3v) is 6.62. The van der Waals surface area contributed by atoms with E-state index in [2.05, 4.69) is 13.8 Å². The highest BCUT2D eigenvalue weighted by Gasteiger charge is 2.35. The standard InChI is InChI=1S/C10H20O5S.C10H14O3S/c1-6-9(2,3)8(11)15-10(4,5)7-16(12,13)14;1-3-8(2)9-4-6-10(7-5-9)14(11,12)13/h6-7H2,1-5H3,(H,12,13,14);4-8H,3H2,1-2H3,(H,11,12,13). The van der Waals surface area contributed by atoms with Gasteiger partial charge in [-0.15, -0.1) is 0 Å². The van der Waals surface area contributed by atoms with Gasteiger partial charge in [0.25, 0.3) is 20.2 Å². The van der Waals surface area contributed by atoms with Gasteiger partial charge in [-0.2, -0.15) is 16.8 Å². The Kier molecular flexibility index (Phi) is 10.2. The summed E-state index contributed by atoms with van der Waals surface area (Å²) in [6.45, 7) is 12.3. The Morgan fingerprint density at radius 3 is 1.80 bits per heavy atom. The maximum Gasteiger partial charge on any atom is 0.312 e. The molecule has 1 atom stereocenters. The zero-order valence-corrected chi connectivity index (χ0v) is 20.3. The van der Waals surface area contributed by atoms with Crippen LogP contribution in [0.4, 0.5) is 0 Å². The van der Waals surface area contributed by atoms with E-state index >= 15 is 0 Å². The lowest BCUT2D eigenvalue weighted by Gasteiger charge is -2.29. The maximum absolute atomic E-state index is 11.7. The SMILES string of the molecule is CCC(C)(C)C(=O)OC(C)(C)CS(=O)(=O)O.CCC(C)c1ccc(S(=O)(=O)O)cc1. The Balaban J connectivity index is 0.000000564. The second-order valence-electron chi connectivity index (χ2n) is 8.47. The largest absolute Gasteiger partial charge is 0.458 e. The van der Waals surface area contributed by atoms with Gasteiger partial charge in [0.2, 0.25) is 0 Å². The fourth-order valence-electron chi connectivity index (χ4n) is 2.21. The van der Waals surface area contributed by atoms with Crippen molar-refractivity contribution in [1.29, 1.82) is 0 Å². The second-order valence-corrected chi connectivity index (χ2v) is 11.3. The molecule has 0 heterocycles. The van der Waals surface area contributed by atoms with E-state index in [-0.39, 0.29) is 4.90 Å². The number of hydrogen-bond acceptors (Lipinski definition) is 6. The van der Waals surface area contributed by atoms with E-state index in [9.17, 15) is 21.6 Å². The molecule has 0 saturated heterocycles. The highest BCUT2D eigenvalue weighted by Crippen LogP contribution is 2.25. The highest BCUT2D eigenvalue weighted by molar-refractivity contribution is 7.86. The van der Waals surface area contributed by atoms with Gasteiger partial charge in [-0.3, -0.25) is 13.9 Å². The number of carbonyl (C=O) groups is 1. The van der Waals surface area contributed by atoms with Crippen LogP contribution in [-0.4, -0.2) is 43.3 Å². The van der Waals surface area contributed by atoms with Gasteiger partial charge >= 0.3 is 5.97 Å². The van der Waals surface area contributed by atoms with Crippen molar-refractivity contribution in [2.24, 2.45) is 5.41 Å². The first-order chi connectivity index (χ1) is 13.3. The molecule has 1 unspecified atom stereocenters. The number of esters is 1. The summed E-state index contributed by atoms with van der Waals surface area (Å²) in [5.74, 6) is -0.667. The van der Waals surface area contributed by atoms with Crippen LogP contribution in [0.3, 0.4) is 0 Å². The molecule has 0 fully saturated rings. The zero-order chi connectivity index (χ0) is 24.0. The van der Waals surface area contributed by atoms with Crippen LogP contribution >= 0.6 is 0 Å². The van der Waals surface area contributed by atoms with Gasteiger partial charge in [-0.1, -0.05) is 32.9 Å². The Morgan fingerprint density at radius 1 is 1.00 bits per heavy atom. The molecule has 0 aromatic heterocycles. The fourth-order valence-corrected chi connectivity index (χ4v) is 3.62. The van der Waals surface area contributed by atoms with Gasteiger partial charge in [-0.05, 0) is 64.2 Å². The van der Waals surface area contributed by atoms with Gasteiger partial charge in [0, 0.05) is 0 Å². The molecule has 0 spiro atoms. The number of rotatable bonds is 8. The molecule has 10 heteroatoms. The molecule has 0 saturated carbocycles. The monoisotopic (exact) mass is 466 g/mol. The Hall–Kier alpha value is -1.49. The van der Waals surface area contributed by atoms with E-state index < -0.39 is 43.0 Å². The molecular formula is C20H34O8S2. The van der Waals surface area contributed by atoms with Gasteiger partial charge in [0.05, 0.1) is 10.3 Å². The third-order valence-electron chi connectivity index (χ3n) is 4.69. The number of hydrogen-bond donors (Lipinski definition) is 2. The molecule has 1 aromatic rings. The van der Waals surface area contributed by atoms with Crippen molar-refractivity contribution in [2.75, 3.05) is 5.75 Å². The maximum atomic E-state index is 11.7. The number of carbonyl (C=O) groups excluding carboxylic acids is 1. The predicted molar refractivity (Wildman–Crippen MR) is 116 cm³/mol. The minimum atomic E-state index is -4.16. The Morgan fingerprint density at radius 2 is 1.47 bits per heavy atom. The smallest absolute Gasteiger partial charge is 0.312 e. The molecule has 0 amide bonds. The minimum Gasteiger partial charge on any atom is -0.458 e. The van der Waals surface area contributed by atoms with E-state index in [1.54, 1.807) is 26.0 Å². The summed E-state index contributed by atoms with van der Waals surface area (Å²) >= 11 is 0. The summed E-state index contributed by atoms with van der Waals surface area (Å²) in [6, 6.07) is 6.32. The summed E-state index contributed by atoms with van der Waals surface area (Å²) in [4.78, 5) is 11.6. The van der Waals surface area contributed by atoms with Crippen LogP contribution < -0.4 is 0 Å². The van der Waals surface area contributed by atoms with Gasteiger partial charge in [-0.25, -0.2) is 0 Å². The fraction of sp³-hybridized carbons (Fsp3) is 0.650. The van der Waals surface area contributed by atoms with Crippen LogP contribution in [-0.2, 0) is 29.8 Å². The van der Waals surface area contributed by atoms with Gasteiger partial charge in [0.1, 0.15) is 11.4 Å². The molecule has 0 aliphatic heterocycles. The van der Waals surface area contributed by atoms with Gasteiger partial charge in [0.15, 0.2) is 0 Å². The minimum absolute atomic E-state index is 0.0513. The molecule has 0 aliphatic carbocycles. The molecule has 1 aromatic carbocycles. The summed E-state index contributed by atoms with van der Waals surface area (Å²) in [5.41, 5.74) is -0.798. The van der Waals surface area contributed by atoms with Crippen molar-refractivity contribution in [3.63, 3.8) is 0 Å². The number of ether oxygens (including phenoxy) is 1. The molecule has 30 heavy (non-hydrogen) atoms. The summed E-state index contributed by atoms with van der Waals surface area (Å²) in [5, 5.41) is 0. The van der Waals surface area contributed by atoms with Gasteiger partial charge < -0.3 is 4.74 Å². The van der Waals surface area contributed by atoms with Crippen molar-refractivity contribution >= 4 is 26.2 Å². The zero-order valence-electron chi connectivity index (χ0n) is 18.7. The van der Waals surface area contributed by atoms with Crippen molar-refractivity contribution in [3.05, 3.63) is 29.8 Å². The van der Waals surface area contributed by atoms with E-state index in [4.69, 9.17) is 13.8 Å².